The first-order valence-electron chi connectivity index (χ1n) is 5.88. The van der Waals surface area contributed by atoms with Crippen LogP contribution < -0.4 is 5.73 Å². The van der Waals surface area contributed by atoms with Gasteiger partial charge in [0.1, 0.15) is 0 Å². The maximum Gasteiger partial charge on any atom is 0.0470 e. The van der Waals surface area contributed by atoms with Crippen LogP contribution in [-0.2, 0) is 0 Å². The molecular weight excluding hydrogens is 222 g/mol. The number of aromatic nitrogens is 1. The normalized spacial score (nSPS) is 23.8. The molecule has 1 saturated heterocycles. The summed E-state index contributed by atoms with van der Waals surface area (Å²) in [6.07, 6.45) is 4.58. The summed E-state index contributed by atoms with van der Waals surface area (Å²) >= 11 is 0. The number of rotatable bonds is 3. The van der Waals surface area contributed by atoms with Gasteiger partial charge in [-0.15, -0.1) is 12.4 Å². The fourth-order valence-electron chi connectivity index (χ4n) is 2.44. The average molecular weight is 244 g/mol. The summed E-state index contributed by atoms with van der Waals surface area (Å²) in [5.41, 5.74) is 7.06. The summed E-state index contributed by atoms with van der Waals surface area (Å²) in [5.74, 6) is 0.691. The van der Waals surface area contributed by atoms with Crippen LogP contribution in [0, 0.1) is 5.92 Å². The van der Waals surface area contributed by atoms with Crippen LogP contribution >= 0.6 is 12.4 Å². The van der Waals surface area contributed by atoms with Crippen LogP contribution in [0.1, 0.15) is 31.5 Å². The van der Waals surface area contributed by atoms with Crippen LogP contribution in [0.4, 0.5) is 0 Å². The second-order valence-corrected chi connectivity index (χ2v) is 4.54. The van der Waals surface area contributed by atoms with Gasteiger partial charge in [0.25, 0.3) is 0 Å². The Hall–Kier alpha value is -0.510. The van der Waals surface area contributed by atoms with Crippen molar-refractivity contribution in [1.82, 2.24) is 9.88 Å². The van der Waals surface area contributed by atoms with Gasteiger partial charge in [-0.25, -0.2) is 0 Å². The highest BCUT2D eigenvalue weighted by Gasteiger charge is 2.23. The lowest BCUT2D eigenvalue weighted by atomic mass is 9.96. The molecule has 0 aliphatic carbocycles. The molecule has 1 aliphatic rings. The number of H-pyrrole nitrogens is 1. The molecule has 2 atom stereocenters. The second-order valence-electron chi connectivity index (χ2n) is 4.54. The fourth-order valence-corrected chi connectivity index (χ4v) is 2.44. The van der Waals surface area contributed by atoms with Crippen molar-refractivity contribution in [1.29, 1.82) is 0 Å². The molecular formula is C12H22ClN3. The van der Waals surface area contributed by atoms with E-state index >= 15 is 0 Å². The molecule has 1 aromatic heterocycles. The van der Waals surface area contributed by atoms with E-state index in [4.69, 9.17) is 5.73 Å². The number of aromatic amines is 1. The topological polar surface area (TPSA) is 45.0 Å². The van der Waals surface area contributed by atoms with Gasteiger partial charge in [-0.05, 0) is 50.9 Å². The lowest BCUT2D eigenvalue weighted by Crippen LogP contribution is -2.39. The van der Waals surface area contributed by atoms with Gasteiger partial charge in [-0.3, -0.25) is 4.90 Å². The monoisotopic (exact) mass is 243 g/mol. The lowest BCUT2D eigenvalue weighted by molar-refractivity contribution is 0.132. The van der Waals surface area contributed by atoms with Crippen molar-refractivity contribution < 1.29 is 0 Å². The Morgan fingerprint density at radius 1 is 1.62 bits per heavy atom. The Kier molecular flexibility index (Phi) is 5.32. The number of nitrogens with zero attached hydrogens (tertiary/aromatic N) is 1. The summed E-state index contributed by atoms with van der Waals surface area (Å²) in [5, 5.41) is 0. The molecule has 1 aromatic rings. The van der Waals surface area contributed by atoms with Gasteiger partial charge in [0, 0.05) is 24.5 Å². The molecule has 1 aliphatic heterocycles. The molecule has 2 rings (SSSR count). The third kappa shape index (κ3) is 3.00. The van der Waals surface area contributed by atoms with E-state index in [1.54, 1.807) is 0 Å². The molecule has 0 amide bonds. The molecule has 0 bridgehead atoms. The summed E-state index contributed by atoms with van der Waals surface area (Å²) in [6.45, 7) is 5.45. The van der Waals surface area contributed by atoms with E-state index < -0.39 is 0 Å². The summed E-state index contributed by atoms with van der Waals surface area (Å²) in [7, 11) is 0. The van der Waals surface area contributed by atoms with Crippen molar-refractivity contribution in [3.8, 4) is 0 Å². The van der Waals surface area contributed by atoms with Gasteiger partial charge >= 0.3 is 0 Å². The van der Waals surface area contributed by atoms with Crippen LogP contribution in [0.5, 0.6) is 0 Å². The molecule has 0 radical (unpaired) electrons. The third-order valence-corrected chi connectivity index (χ3v) is 3.50. The highest BCUT2D eigenvalue weighted by molar-refractivity contribution is 5.85. The second kappa shape index (κ2) is 6.28. The van der Waals surface area contributed by atoms with Crippen LogP contribution in [0.15, 0.2) is 18.3 Å². The van der Waals surface area contributed by atoms with Crippen LogP contribution in [0.2, 0.25) is 0 Å². The number of likely N-dealkylation sites (tertiary alicyclic amines) is 1. The number of piperidine rings is 1. The van der Waals surface area contributed by atoms with Crippen molar-refractivity contribution in [2.24, 2.45) is 11.7 Å². The van der Waals surface area contributed by atoms with Crippen molar-refractivity contribution in [2.75, 3.05) is 19.6 Å². The first kappa shape index (κ1) is 13.6. The fraction of sp³-hybridized carbons (Fsp3) is 0.667. The third-order valence-electron chi connectivity index (χ3n) is 3.50. The van der Waals surface area contributed by atoms with E-state index in [0.717, 1.165) is 13.1 Å². The van der Waals surface area contributed by atoms with Crippen LogP contribution in [-0.4, -0.2) is 29.5 Å². The van der Waals surface area contributed by atoms with Gasteiger partial charge in [0.2, 0.25) is 0 Å². The Bertz CT molecular complexity index is 286. The highest BCUT2D eigenvalue weighted by Crippen LogP contribution is 2.24. The quantitative estimate of drug-likeness (QED) is 0.855. The number of halogens is 1. The van der Waals surface area contributed by atoms with Crippen LogP contribution in [0.25, 0.3) is 0 Å². The summed E-state index contributed by atoms with van der Waals surface area (Å²) in [6, 6.07) is 4.72. The van der Waals surface area contributed by atoms with Gasteiger partial charge in [-0.2, -0.15) is 0 Å². The Labute approximate surface area is 104 Å². The molecule has 0 spiro atoms. The van der Waals surface area contributed by atoms with E-state index in [1.165, 1.54) is 25.1 Å². The van der Waals surface area contributed by atoms with E-state index in [-0.39, 0.29) is 12.4 Å². The molecule has 3 N–H and O–H groups in total. The molecule has 2 heterocycles. The van der Waals surface area contributed by atoms with Crippen molar-refractivity contribution in [3.63, 3.8) is 0 Å². The van der Waals surface area contributed by atoms with Crippen molar-refractivity contribution in [3.05, 3.63) is 24.0 Å². The zero-order valence-electron chi connectivity index (χ0n) is 9.86. The van der Waals surface area contributed by atoms with Crippen molar-refractivity contribution in [2.45, 2.75) is 25.8 Å². The van der Waals surface area contributed by atoms with Crippen molar-refractivity contribution >= 4 is 12.4 Å². The predicted molar refractivity (Wildman–Crippen MR) is 69.8 cm³/mol. The smallest absolute Gasteiger partial charge is 0.0470 e. The molecule has 0 aromatic carbocycles. The Balaban J connectivity index is 0.00000128. The van der Waals surface area contributed by atoms with E-state index in [1.807, 2.05) is 6.20 Å². The standard InChI is InChI=1S/C12H21N3.ClH/c1-10(12-5-2-6-14-12)15-7-3-4-11(8-13)9-15;/h2,5-6,10-11,14H,3-4,7-9,13H2,1H3;1H. The first-order valence-corrected chi connectivity index (χ1v) is 5.88. The van der Waals surface area contributed by atoms with Gasteiger partial charge in [0.05, 0.1) is 0 Å². The minimum absolute atomic E-state index is 0. The first-order chi connectivity index (χ1) is 7.31. The Morgan fingerprint density at radius 3 is 3.06 bits per heavy atom. The zero-order chi connectivity index (χ0) is 10.7. The van der Waals surface area contributed by atoms with Crippen LogP contribution in [0.3, 0.4) is 0 Å². The average Bonchev–Trinajstić information content (AvgIpc) is 2.81. The van der Waals surface area contributed by atoms with Gasteiger partial charge < -0.3 is 10.7 Å². The molecule has 4 heteroatoms. The number of nitrogens with two attached hydrogens (primary N) is 1. The minimum atomic E-state index is 0. The molecule has 1 fully saturated rings. The summed E-state index contributed by atoms with van der Waals surface area (Å²) in [4.78, 5) is 5.83. The Morgan fingerprint density at radius 2 is 2.44 bits per heavy atom. The van der Waals surface area contributed by atoms with Gasteiger partial charge in [-0.1, -0.05) is 0 Å². The number of hydrogen-bond acceptors (Lipinski definition) is 2. The van der Waals surface area contributed by atoms with E-state index in [0.29, 0.717) is 12.0 Å². The van der Waals surface area contributed by atoms with Gasteiger partial charge in [0.15, 0.2) is 0 Å². The molecule has 92 valence electrons. The minimum Gasteiger partial charge on any atom is -0.364 e. The molecule has 0 saturated carbocycles. The molecule has 2 unspecified atom stereocenters. The zero-order valence-corrected chi connectivity index (χ0v) is 10.7. The maximum atomic E-state index is 5.75. The maximum absolute atomic E-state index is 5.75. The molecule has 3 nitrogen and oxygen atoms in total. The van der Waals surface area contributed by atoms with E-state index in [2.05, 4.69) is 28.9 Å². The number of hydrogen-bond donors (Lipinski definition) is 2. The lowest BCUT2D eigenvalue weighted by Gasteiger charge is -2.36. The highest BCUT2D eigenvalue weighted by atomic mass is 35.5. The SMILES string of the molecule is CC(c1ccc[nH]1)N1CCCC(CN)C1.Cl. The largest absolute Gasteiger partial charge is 0.364 e. The molecule has 16 heavy (non-hydrogen) atoms. The number of nitrogens with one attached hydrogen (secondary N) is 1. The summed E-state index contributed by atoms with van der Waals surface area (Å²) < 4.78 is 0. The predicted octanol–water partition coefficient (Wildman–Crippen LogP) is 2.17. The van der Waals surface area contributed by atoms with E-state index in [9.17, 15) is 0 Å².